The fourth-order valence-electron chi connectivity index (χ4n) is 1.66. The number of benzene rings is 1. The highest BCUT2D eigenvalue weighted by Crippen LogP contribution is 2.19. The molecule has 19 heavy (non-hydrogen) atoms. The first-order chi connectivity index (χ1) is 9.20. The van der Waals surface area contributed by atoms with Gasteiger partial charge in [-0.3, -0.25) is 10.6 Å². The lowest BCUT2D eigenvalue weighted by atomic mass is 10.1. The molecule has 0 bridgehead atoms. The lowest BCUT2D eigenvalue weighted by Crippen LogP contribution is -2.27. The second-order valence-electron chi connectivity index (χ2n) is 3.92. The predicted octanol–water partition coefficient (Wildman–Crippen LogP) is 1.32. The fraction of sp³-hybridized carbons (Fsp3) is 0.167. The summed E-state index contributed by atoms with van der Waals surface area (Å²) in [4.78, 5) is 18.9. The van der Waals surface area contributed by atoms with Gasteiger partial charge < -0.3 is 15.7 Å². The number of hydrogen-bond acceptors (Lipinski definition) is 4. The molecule has 0 saturated carbocycles. The maximum atomic E-state index is 12.0. The van der Waals surface area contributed by atoms with E-state index in [1.807, 2.05) is 0 Å². The van der Waals surface area contributed by atoms with E-state index in [4.69, 9.17) is 17.4 Å². The van der Waals surface area contributed by atoms with Gasteiger partial charge in [0.15, 0.2) is 0 Å². The number of H-pyrrole nitrogens is 1. The molecule has 0 aliphatic heterocycles. The predicted molar refractivity (Wildman–Crippen MR) is 73.9 cm³/mol. The molecule has 0 spiro atoms. The molecule has 1 heterocycles. The second kappa shape index (κ2) is 6.21. The first-order valence-corrected chi connectivity index (χ1v) is 6.10. The van der Waals surface area contributed by atoms with Crippen molar-refractivity contribution in [1.82, 2.24) is 15.3 Å². The maximum Gasteiger partial charge on any atom is 0.253 e. The number of halogens is 1. The molecule has 100 valence electrons. The van der Waals surface area contributed by atoms with Gasteiger partial charge in [0.1, 0.15) is 0 Å². The lowest BCUT2D eigenvalue weighted by molar-refractivity contribution is 0.0955. The van der Waals surface area contributed by atoms with Crippen LogP contribution in [0.4, 0.5) is 5.69 Å². The van der Waals surface area contributed by atoms with Crippen molar-refractivity contribution in [3.05, 3.63) is 47.0 Å². The van der Waals surface area contributed by atoms with E-state index in [0.29, 0.717) is 29.2 Å². The van der Waals surface area contributed by atoms with Crippen LogP contribution in [-0.2, 0) is 6.42 Å². The number of nitrogens with zero attached hydrogens (tertiary/aromatic N) is 1. The molecule has 0 unspecified atom stereocenters. The van der Waals surface area contributed by atoms with E-state index < -0.39 is 0 Å². The van der Waals surface area contributed by atoms with Crippen LogP contribution in [0.1, 0.15) is 16.1 Å². The van der Waals surface area contributed by atoms with Gasteiger partial charge in [0.25, 0.3) is 5.91 Å². The third-order valence-corrected chi connectivity index (χ3v) is 2.85. The Morgan fingerprint density at radius 1 is 1.47 bits per heavy atom. The monoisotopic (exact) mass is 279 g/mol. The largest absolute Gasteiger partial charge is 0.352 e. The summed E-state index contributed by atoms with van der Waals surface area (Å²) in [5, 5.41) is 3.28. The molecule has 1 aromatic carbocycles. The Kier molecular flexibility index (Phi) is 4.38. The molecule has 6 nitrogen and oxygen atoms in total. The van der Waals surface area contributed by atoms with Crippen LogP contribution in [-0.4, -0.2) is 22.4 Å². The van der Waals surface area contributed by atoms with Gasteiger partial charge in [-0.05, 0) is 18.2 Å². The Bertz CT molecular complexity index is 555. The molecule has 2 rings (SSSR count). The van der Waals surface area contributed by atoms with Crippen LogP contribution in [0.25, 0.3) is 0 Å². The molecule has 0 aliphatic carbocycles. The number of hydrazine groups is 1. The van der Waals surface area contributed by atoms with Gasteiger partial charge in [-0.15, -0.1) is 0 Å². The number of aromatic nitrogens is 2. The number of rotatable bonds is 5. The quantitative estimate of drug-likeness (QED) is 0.490. The summed E-state index contributed by atoms with van der Waals surface area (Å²) >= 11 is 5.87. The van der Waals surface area contributed by atoms with Crippen LogP contribution < -0.4 is 16.6 Å². The summed E-state index contributed by atoms with van der Waals surface area (Å²) < 4.78 is 0. The highest BCUT2D eigenvalue weighted by molar-refractivity contribution is 6.31. The maximum absolute atomic E-state index is 12.0. The van der Waals surface area contributed by atoms with E-state index in [0.717, 1.165) is 5.69 Å². The summed E-state index contributed by atoms with van der Waals surface area (Å²) in [6.45, 7) is 0.498. The third-order valence-electron chi connectivity index (χ3n) is 2.62. The van der Waals surface area contributed by atoms with E-state index in [9.17, 15) is 4.79 Å². The Balaban J connectivity index is 1.97. The van der Waals surface area contributed by atoms with Crippen LogP contribution in [0, 0.1) is 0 Å². The zero-order valence-corrected chi connectivity index (χ0v) is 10.9. The van der Waals surface area contributed by atoms with Crippen LogP contribution in [0.15, 0.2) is 30.7 Å². The van der Waals surface area contributed by atoms with E-state index in [1.54, 1.807) is 30.7 Å². The summed E-state index contributed by atoms with van der Waals surface area (Å²) in [7, 11) is 0. The Labute approximate surface area is 115 Å². The molecule has 1 amide bonds. The SMILES string of the molecule is NNc1ccc(Cl)cc1C(=O)NCCc1cnc[nH]1. The molecular weight excluding hydrogens is 266 g/mol. The standard InChI is InChI=1S/C12H14ClN5O/c13-8-1-2-11(18-14)10(5-8)12(19)16-4-3-9-6-15-7-17-9/h1-2,5-7,18H,3-4,14H2,(H,15,17)(H,16,19). The number of carbonyl (C=O) groups excluding carboxylic acids is 1. The fourth-order valence-corrected chi connectivity index (χ4v) is 1.83. The van der Waals surface area contributed by atoms with Crippen LogP contribution in [0.2, 0.25) is 5.02 Å². The lowest BCUT2D eigenvalue weighted by Gasteiger charge is -2.09. The Hall–Kier alpha value is -2.05. The minimum Gasteiger partial charge on any atom is -0.352 e. The highest BCUT2D eigenvalue weighted by Gasteiger charge is 2.11. The second-order valence-corrected chi connectivity index (χ2v) is 4.35. The molecule has 1 aromatic heterocycles. The van der Waals surface area contributed by atoms with Gasteiger partial charge in [0.05, 0.1) is 17.6 Å². The topological polar surface area (TPSA) is 95.8 Å². The van der Waals surface area contributed by atoms with Crippen LogP contribution >= 0.6 is 11.6 Å². The van der Waals surface area contributed by atoms with Crippen molar-refractivity contribution in [2.45, 2.75) is 6.42 Å². The summed E-state index contributed by atoms with van der Waals surface area (Å²) in [6.07, 6.45) is 4.00. The number of aromatic amines is 1. The van der Waals surface area contributed by atoms with Crippen LogP contribution in [0.3, 0.4) is 0 Å². The zero-order valence-electron chi connectivity index (χ0n) is 10.1. The molecular formula is C12H14ClN5O. The zero-order chi connectivity index (χ0) is 13.7. The minimum atomic E-state index is -0.227. The van der Waals surface area contributed by atoms with Crippen molar-refractivity contribution in [2.24, 2.45) is 5.84 Å². The smallest absolute Gasteiger partial charge is 0.253 e. The van der Waals surface area contributed by atoms with Crippen LogP contribution in [0.5, 0.6) is 0 Å². The van der Waals surface area contributed by atoms with Crippen molar-refractivity contribution in [1.29, 1.82) is 0 Å². The van der Waals surface area contributed by atoms with E-state index in [2.05, 4.69) is 20.7 Å². The first kappa shape index (κ1) is 13.4. The molecule has 0 aliphatic rings. The van der Waals surface area contributed by atoms with Crippen molar-refractivity contribution < 1.29 is 4.79 Å². The van der Waals surface area contributed by atoms with Gasteiger partial charge in [0.2, 0.25) is 0 Å². The summed E-state index contributed by atoms with van der Waals surface area (Å²) in [6, 6.07) is 4.90. The summed E-state index contributed by atoms with van der Waals surface area (Å²) in [5.41, 5.74) is 4.38. The van der Waals surface area contributed by atoms with Gasteiger partial charge in [-0.25, -0.2) is 4.98 Å². The van der Waals surface area contributed by atoms with Crippen molar-refractivity contribution in [3.8, 4) is 0 Å². The van der Waals surface area contributed by atoms with E-state index in [-0.39, 0.29) is 5.91 Å². The van der Waals surface area contributed by atoms with Crippen molar-refractivity contribution >= 4 is 23.2 Å². The number of hydrogen-bond donors (Lipinski definition) is 4. The van der Waals surface area contributed by atoms with E-state index in [1.165, 1.54) is 0 Å². The summed E-state index contributed by atoms with van der Waals surface area (Å²) in [5.74, 6) is 5.13. The number of nitrogens with two attached hydrogens (primary N) is 1. The average molecular weight is 280 g/mol. The van der Waals surface area contributed by atoms with Gasteiger partial charge >= 0.3 is 0 Å². The molecule has 0 fully saturated rings. The number of nitrogens with one attached hydrogen (secondary N) is 3. The molecule has 7 heteroatoms. The molecule has 0 atom stereocenters. The van der Waals surface area contributed by atoms with Crippen molar-refractivity contribution in [2.75, 3.05) is 12.0 Å². The van der Waals surface area contributed by atoms with Crippen molar-refractivity contribution in [3.63, 3.8) is 0 Å². The highest BCUT2D eigenvalue weighted by atomic mass is 35.5. The molecule has 2 aromatic rings. The Morgan fingerprint density at radius 2 is 2.32 bits per heavy atom. The minimum absolute atomic E-state index is 0.227. The molecule has 0 saturated heterocycles. The number of imidazole rings is 1. The number of carbonyl (C=O) groups is 1. The molecule has 5 N–H and O–H groups in total. The van der Waals surface area contributed by atoms with E-state index >= 15 is 0 Å². The number of amides is 1. The number of anilines is 1. The van der Waals surface area contributed by atoms with Gasteiger partial charge in [-0.1, -0.05) is 11.6 Å². The normalized spacial score (nSPS) is 10.2. The number of nitrogen functional groups attached to an aromatic ring is 1. The van der Waals surface area contributed by atoms with Gasteiger partial charge in [-0.2, -0.15) is 0 Å². The Morgan fingerprint density at radius 3 is 3.00 bits per heavy atom. The first-order valence-electron chi connectivity index (χ1n) is 5.72. The molecule has 0 radical (unpaired) electrons. The average Bonchev–Trinajstić information content (AvgIpc) is 2.91. The van der Waals surface area contributed by atoms with Gasteiger partial charge in [0, 0.05) is 29.9 Å². The third kappa shape index (κ3) is 3.46.